The van der Waals surface area contributed by atoms with Crippen LogP contribution in [0.3, 0.4) is 0 Å². The van der Waals surface area contributed by atoms with Crippen LogP contribution in [0.2, 0.25) is 0 Å². The van der Waals surface area contributed by atoms with Crippen molar-refractivity contribution in [1.82, 2.24) is 0 Å². The highest BCUT2D eigenvalue weighted by molar-refractivity contribution is 5.72. The molecule has 104 valence electrons. The second-order valence-corrected chi connectivity index (χ2v) is 5.55. The molecule has 1 atom stereocenters. The van der Waals surface area contributed by atoms with Gasteiger partial charge in [-0.3, -0.25) is 4.79 Å². The highest BCUT2D eigenvalue weighted by Crippen LogP contribution is 2.34. The van der Waals surface area contributed by atoms with Gasteiger partial charge in [0, 0.05) is 0 Å². The topological polar surface area (TPSA) is 26.3 Å². The minimum atomic E-state index is -0.298. The van der Waals surface area contributed by atoms with Crippen LogP contribution < -0.4 is 0 Å². The molecule has 1 fully saturated rings. The van der Waals surface area contributed by atoms with E-state index in [4.69, 9.17) is 4.74 Å². The van der Waals surface area contributed by atoms with Gasteiger partial charge in [-0.15, -0.1) is 0 Å². The Morgan fingerprint density at radius 2 is 1.94 bits per heavy atom. The molecule has 0 amide bonds. The summed E-state index contributed by atoms with van der Waals surface area (Å²) in [5.74, 6) is -0.0103. The molecule has 2 heteroatoms. The number of rotatable bonds is 6. The summed E-state index contributed by atoms with van der Waals surface area (Å²) in [6, 6.07) is 0. The number of ether oxygens (including phenoxy) is 1. The zero-order valence-corrected chi connectivity index (χ0v) is 12.2. The molecule has 0 aromatic rings. The molecule has 0 bridgehead atoms. The van der Waals surface area contributed by atoms with Gasteiger partial charge < -0.3 is 4.74 Å². The van der Waals surface area contributed by atoms with E-state index in [9.17, 15) is 4.79 Å². The molecular weight excluding hydrogens is 224 g/mol. The lowest BCUT2D eigenvalue weighted by Gasteiger charge is -2.35. The van der Waals surface area contributed by atoms with Crippen LogP contribution >= 0.6 is 0 Å². The van der Waals surface area contributed by atoms with Crippen molar-refractivity contribution in [1.29, 1.82) is 0 Å². The molecular formula is C16H28O2. The predicted octanol–water partition coefficient (Wildman–Crippen LogP) is 4.63. The Morgan fingerprint density at radius 3 is 2.50 bits per heavy atom. The molecule has 0 aromatic heterocycles. The van der Waals surface area contributed by atoms with Crippen molar-refractivity contribution in [3.63, 3.8) is 0 Å². The quantitative estimate of drug-likeness (QED) is 0.508. The van der Waals surface area contributed by atoms with Gasteiger partial charge in [0.15, 0.2) is 0 Å². The van der Waals surface area contributed by atoms with Gasteiger partial charge in [0.05, 0.1) is 5.92 Å². The Kier molecular flexibility index (Phi) is 6.45. The number of carbonyl (C=O) groups excluding carboxylic acids is 1. The predicted molar refractivity (Wildman–Crippen MR) is 75.4 cm³/mol. The van der Waals surface area contributed by atoms with Gasteiger partial charge in [-0.05, 0) is 44.6 Å². The molecule has 1 saturated carbocycles. The van der Waals surface area contributed by atoms with Crippen LogP contribution in [0.5, 0.6) is 0 Å². The molecule has 2 nitrogen and oxygen atoms in total. The largest absolute Gasteiger partial charge is 0.455 e. The number of esters is 1. The number of hydrogen-bond acceptors (Lipinski definition) is 2. The molecule has 1 rings (SSSR count). The summed E-state index contributed by atoms with van der Waals surface area (Å²) in [6.07, 6.45) is 13.0. The first-order valence-corrected chi connectivity index (χ1v) is 7.54. The third kappa shape index (κ3) is 4.47. The summed E-state index contributed by atoms with van der Waals surface area (Å²) < 4.78 is 5.85. The van der Waals surface area contributed by atoms with E-state index in [0.29, 0.717) is 0 Å². The molecule has 0 aliphatic heterocycles. The molecule has 0 heterocycles. The van der Waals surface area contributed by atoms with Crippen LogP contribution in [-0.2, 0) is 9.53 Å². The van der Waals surface area contributed by atoms with Crippen LogP contribution in [0, 0.1) is 5.92 Å². The Hall–Kier alpha value is -0.790. The van der Waals surface area contributed by atoms with Gasteiger partial charge >= 0.3 is 5.97 Å². The minimum Gasteiger partial charge on any atom is -0.455 e. The maximum absolute atomic E-state index is 12.0. The summed E-state index contributed by atoms with van der Waals surface area (Å²) in [5.41, 5.74) is -0.298. The van der Waals surface area contributed by atoms with E-state index in [-0.39, 0.29) is 17.5 Å². The Labute approximate surface area is 112 Å². The molecule has 0 N–H and O–H groups in total. The maximum atomic E-state index is 12.0. The van der Waals surface area contributed by atoms with Gasteiger partial charge in [-0.25, -0.2) is 0 Å². The minimum absolute atomic E-state index is 0.0170. The van der Waals surface area contributed by atoms with Gasteiger partial charge in [0.2, 0.25) is 0 Å². The lowest BCUT2D eigenvalue weighted by Crippen LogP contribution is -2.37. The highest BCUT2D eigenvalue weighted by atomic mass is 16.6. The van der Waals surface area contributed by atoms with Crippen molar-refractivity contribution in [2.75, 3.05) is 0 Å². The van der Waals surface area contributed by atoms with E-state index < -0.39 is 0 Å². The zero-order valence-electron chi connectivity index (χ0n) is 12.2. The SMILES string of the molecule is CCC/C=C/C1(OC(=O)C(C)CC)CCCCC1. The van der Waals surface area contributed by atoms with Crippen LogP contribution in [0.1, 0.15) is 72.1 Å². The standard InChI is InChI=1S/C16H28O2/c1-4-6-8-11-16(12-9-7-10-13-16)18-15(17)14(3)5-2/h8,11,14H,4-7,9-10,12-13H2,1-3H3/b11-8+. The van der Waals surface area contributed by atoms with Crippen LogP contribution in [0.4, 0.5) is 0 Å². The summed E-state index contributed by atoms with van der Waals surface area (Å²) in [7, 11) is 0. The third-order valence-electron chi connectivity index (χ3n) is 3.90. The van der Waals surface area contributed by atoms with Crippen molar-refractivity contribution in [3.8, 4) is 0 Å². The second kappa shape index (κ2) is 7.60. The van der Waals surface area contributed by atoms with Crippen molar-refractivity contribution in [2.45, 2.75) is 77.7 Å². The fourth-order valence-electron chi connectivity index (χ4n) is 2.39. The van der Waals surface area contributed by atoms with E-state index in [1.54, 1.807) is 0 Å². The van der Waals surface area contributed by atoms with Crippen molar-refractivity contribution < 1.29 is 9.53 Å². The van der Waals surface area contributed by atoms with Crippen LogP contribution in [0.15, 0.2) is 12.2 Å². The molecule has 1 unspecified atom stereocenters. The smallest absolute Gasteiger partial charge is 0.309 e. The Morgan fingerprint density at radius 1 is 1.28 bits per heavy atom. The van der Waals surface area contributed by atoms with Crippen molar-refractivity contribution in [3.05, 3.63) is 12.2 Å². The van der Waals surface area contributed by atoms with Crippen LogP contribution in [0.25, 0.3) is 0 Å². The van der Waals surface area contributed by atoms with Crippen molar-refractivity contribution in [2.24, 2.45) is 5.92 Å². The number of unbranched alkanes of at least 4 members (excludes halogenated alkanes) is 1. The number of allylic oxidation sites excluding steroid dienone is 1. The Bertz CT molecular complexity index is 275. The average Bonchev–Trinajstić information content (AvgIpc) is 2.39. The third-order valence-corrected chi connectivity index (χ3v) is 3.90. The first-order valence-electron chi connectivity index (χ1n) is 7.54. The first-order chi connectivity index (χ1) is 8.63. The molecule has 0 aromatic carbocycles. The molecule has 1 aliphatic carbocycles. The lowest BCUT2D eigenvalue weighted by atomic mass is 9.84. The Balaban J connectivity index is 2.68. The molecule has 0 spiro atoms. The van der Waals surface area contributed by atoms with E-state index in [2.05, 4.69) is 19.1 Å². The summed E-state index contributed by atoms with van der Waals surface area (Å²) >= 11 is 0. The summed E-state index contributed by atoms with van der Waals surface area (Å²) in [5, 5.41) is 0. The lowest BCUT2D eigenvalue weighted by molar-refractivity contribution is -0.162. The van der Waals surface area contributed by atoms with Gasteiger partial charge in [0.1, 0.15) is 5.60 Å². The van der Waals surface area contributed by atoms with Crippen LogP contribution in [-0.4, -0.2) is 11.6 Å². The number of hydrogen-bond donors (Lipinski definition) is 0. The second-order valence-electron chi connectivity index (χ2n) is 5.55. The first kappa shape index (κ1) is 15.3. The summed E-state index contributed by atoms with van der Waals surface area (Å²) in [4.78, 5) is 12.0. The molecule has 1 aliphatic rings. The molecule has 18 heavy (non-hydrogen) atoms. The highest BCUT2D eigenvalue weighted by Gasteiger charge is 2.34. The van der Waals surface area contributed by atoms with Gasteiger partial charge in [0.25, 0.3) is 0 Å². The number of carbonyl (C=O) groups is 1. The average molecular weight is 252 g/mol. The zero-order chi connectivity index (χ0) is 13.4. The van der Waals surface area contributed by atoms with E-state index in [1.165, 1.54) is 19.3 Å². The monoisotopic (exact) mass is 252 g/mol. The maximum Gasteiger partial charge on any atom is 0.309 e. The van der Waals surface area contributed by atoms with E-state index >= 15 is 0 Å². The normalized spacial score (nSPS) is 20.8. The van der Waals surface area contributed by atoms with E-state index in [0.717, 1.165) is 32.1 Å². The fourth-order valence-corrected chi connectivity index (χ4v) is 2.39. The van der Waals surface area contributed by atoms with E-state index in [1.807, 2.05) is 13.8 Å². The summed E-state index contributed by atoms with van der Waals surface area (Å²) in [6.45, 7) is 6.16. The molecule has 0 radical (unpaired) electrons. The van der Waals surface area contributed by atoms with Gasteiger partial charge in [-0.2, -0.15) is 0 Å². The van der Waals surface area contributed by atoms with Gasteiger partial charge in [-0.1, -0.05) is 39.7 Å². The molecule has 0 saturated heterocycles. The fraction of sp³-hybridized carbons (Fsp3) is 0.812. The van der Waals surface area contributed by atoms with Crippen molar-refractivity contribution >= 4 is 5.97 Å².